The van der Waals surface area contributed by atoms with E-state index in [0.29, 0.717) is 24.7 Å². The number of aryl methyl sites for hydroxylation is 2. The molecule has 0 atom stereocenters. The monoisotopic (exact) mass is 516 g/mol. The molecule has 7 nitrogen and oxygen atoms in total. The Morgan fingerprint density at radius 1 is 1.05 bits per heavy atom. The van der Waals surface area contributed by atoms with Crippen LogP contribution >= 0.6 is 0 Å². The Bertz CT molecular complexity index is 1240. The minimum Gasteiger partial charge on any atom is -0.496 e. The quantitative estimate of drug-likeness (QED) is 0.438. The van der Waals surface area contributed by atoms with Gasteiger partial charge < -0.3 is 14.7 Å². The molecule has 0 aliphatic heterocycles. The van der Waals surface area contributed by atoms with Crippen LogP contribution in [0.5, 0.6) is 5.75 Å². The highest BCUT2D eigenvalue weighted by atomic mass is 16.5. The summed E-state index contributed by atoms with van der Waals surface area (Å²) in [7, 11) is 3.58. The highest BCUT2D eigenvalue weighted by Crippen LogP contribution is 2.39. The molecule has 2 aliphatic rings. The van der Waals surface area contributed by atoms with Crippen molar-refractivity contribution in [3.8, 4) is 17.0 Å². The average molecular weight is 517 g/mol. The van der Waals surface area contributed by atoms with Gasteiger partial charge in [-0.05, 0) is 99.5 Å². The Hall–Kier alpha value is -3.19. The van der Waals surface area contributed by atoms with Crippen LogP contribution < -0.4 is 9.64 Å². The van der Waals surface area contributed by atoms with Crippen LogP contribution in [0.3, 0.4) is 0 Å². The third-order valence-electron chi connectivity index (χ3n) is 8.55. The molecule has 1 N–H and O–H groups in total. The molecule has 7 heteroatoms. The molecule has 2 aromatic carbocycles. The van der Waals surface area contributed by atoms with Gasteiger partial charge in [0.1, 0.15) is 11.4 Å². The third kappa shape index (κ3) is 5.93. The fourth-order valence-corrected chi connectivity index (χ4v) is 6.27. The molecule has 0 saturated heterocycles. The molecule has 5 rings (SSSR count). The lowest BCUT2D eigenvalue weighted by atomic mass is 9.78. The zero-order valence-electron chi connectivity index (χ0n) is 22.8. The van der Waals surface area contributed by atoms with Crippen LogP contribution in [0.1, 0.15) is 68.4 Å². The van der Waals surface area contributed by atoms with Gasteiger partial charge >= 0.3 is 0 Å². The summed E-state index contributed by atoms with van der Waals surface area (Å²) in [4.78, 5) is 15.9. The second-order valence-corrected chi connectivity index (χ2v) is 11.2. The molecule has 3 aromatic rings. The molecule has 1 aromatic heterocycles. The van der Waals surface area contributed by atoms with Crippen LogP contribution in [0.25, 0.3) is 11.3 Å². The van der Waals surface area contributed by atoms with E-state index in [2.05, 4.69) is 41.5 Å². The summed E-state index contributed by atoms with van der Waals surface area (Å²) in [5, 5.41) is 18.4. The van der Waals surface area contributed by atoms with E-state index in [0.717, 1.165) is 67.8 Å². The topological polar surface area (TPSA) is 80.5 Å². The maximum absolute atomic E-state index is 13.9. The number of methoxy groups -OCH3 is 1. The third-order valence-corrected chi connectivity index (χ3v) is 8.55. The Labute approximate surface area is 225 Å². The maximum Gasteiger partial charge on any atom is 0.230 e. The molecule has 202 valence electrons. The van der Waals surface area contributed by atoms with Crippen molar-refractivity contribution >= 4 is 11.6 Å². The van der Waals surface area contributed by atoms with Gasteiger partial charge in [0.05, 0.1) is 19.4 Å². The summed E-state index contributed by atoms with van der Waals surface area (Å²) in [5.74, 6) is 2.12. The van der Waals surface area contributed by atoms with Crippen LogP contribution in [-0.4, -0.2) is 45.8 Å². The van der Waals surface area contributed by atoms with Crippen molar-refractivity contribution in [1.82, 2.24) is 15.0 Å². The van der Waals surface area contributed by atoms with E-state index in [1.165, 1.54) is 11.1 Å². The van der Waals surface area contributed by atoms with Gasteiger partial charge in [-0.3, -0.25) is 9.48 Å². The largest absolute Gasteiger partial charge is 0.496 e. The second kappa shape index (κ2) is 11.7. The molecule has 0 bridgehead atoms. The lowest BCUT2D eigenvalue weighted by molar-refractivity contribution is -0.124. The van der Waals surface area contributed by atoms with Crippen LogP contribution in [0, 0.1) is 18.8 Å². The van der Waals surface area contributed by atoms with Gasteiger partial charge in [-0.25, -0.2) is 0 Å². The number of anilines is 1. The SMILES string of the molecule is COc1ccc([C@H]2CC[C@H](CN(c3cccc(-c4cn(C)nn4)c3)C(=O)[C@H]3CC[C@H](O)CC3)CC2)cc1C. The molecular formula is C31H40N4O3. The highest BCUT2D eigenvalue weighted by molar-refractivity contribution is 5.95. The number of carbonyl (C=O) groups excluding carboxylic acids is 1. The zero-order chi connectivity index (χ0) is 26.6. The summed E-state index contributed by atoms with van der Waals surface area (Å²) in [6.07, 6.45) is 9.02. The number of amides is 1. The molecule has 2 saturated carbocycles. The first-order valence-corrected chi connectivity index (χ1v) is 14.0. The van der Waals surface area contributed by atoms with Crippen molar-refractivity contribution in [2.45, 2.75) is 70.3 Å². The van der Waals surface area contributed by atoms with Gasteiger partial charge in [0.25, 0.3) is 0 Å². The Morgan fingerprint density at radius 2 is 1.82 bits per heavy atom. The van der Waals surface area contributed by atoms with Crippen molar-refractivity contribution in [3.05, 3.63) is 59.8 Å². The predicted octanol–water partition coefficient (Wildman–Crippen LogP) is 5.66. The number of aromatic nitrogens is 3. The molecule has 0 unspecified atom stereocenters. The maximum atomic E-state index is 13.9. The molecule has 38 heavy (non-hydrogen) atoms. The molecule has 1 heterocycles. The van der Waals surface area contributed by atoms with Crippen LogP contribution in [0.4, 0.5) is 5.69 Å². The van der Waals surface area contributed by atoms with Crippen LogP contribution in [0.15, 0.2) is 48.7 Å². The van der Waals surface area contributed by atoms with Crippen molar-refractivity contribution in [2.75, 3.05) is 18.6 Å². The molecule has 0 radical (unpaired) electrons. The zero-order valence-corrected chi connectivity index (χ0v) is 22.8. The van der Waals surface area contributed by atoms with Gasteiger partial charge in [0, 0.05) is 30.8 Å². The lowest BCUT2D eigenvalue weighted by Gasteiger charge is -2.36. The lowest BCUT2D eigenvalue weighted by Crippen LogP contribution is -2.41. The standard InChI is InChI=1S/C31H40N4O3/c1-21-17-25(13-16-30(21)38-3)23-9-7-22(8-10-23)19-35(31(37)24-11-14-28(36)15-12-24)27-6-4-5-26(18-27)29-20-34(2)33-32-29/h4-6,13,16-18,20,22-24,28,36H,7-12,14-15,19H2,1-3H3/t22-,23-,24-,28-. The van der Waals surface area contributed by atoms with E-state index in [4.69, 9.17) is 4.74 Å². The van der Waals surface area contributed by atoms with Gasteiger partial charge in [-0.15, -0.1) is 5.10 Å². The van der Waals surface area contributed by atoms with Gasteiger partial charge in [0.15, 0.2) is 0 Å². The number of hydrogen-bond donors (Lipinski definition) is 1. The molecular weight excluding hydrogens is 476 g/mol. The number of aliphatic hydroxyl groups excluding tert-OH is 1. The summed E-state index contributed by atoms with van der Waals surface area (Å²) in [6, 6.07) is 14.7. The van der Waals surface area contributed by atoms with Crippen molar-refractivity contribution < 1.29 is 14.6 Å². The molecule has 2 aliphatic carbocycles. The van der Waals surface area contributed by atoms with Gasteiger partial charge in [-0.2, -0.15) is 0 Å². The minimum absolute atomic E-state index is 0.0304. The Kier molecular flexibility index (Phi) is 8.12. The van der Waals surface area contributed by atoms with Crippen molar-refractivity contribution in [1.29, 1.82) is 0 Å². The number of rotatable bonds is 7. The first-order valence-electron chi connectivity index (χ1n) is 14.0. The normalized spacial score (nSPS) is 23.7. The first kappa shape index (κ1) is 26.4. The summed E-state index contributed by atoms with van der Waals surface area (Å²) < 4.78 is 7.14. The van der Waals surface area contributed by atoms with E-state index in [9.17, 15) is 9.90 Å². The minimum atomic E-state index is -0.274. The van der Waals surface area contributed by atoms with Crippen molar-refractivity contribution in [2.24, 2.45) is 18.9 Å². The summed E-state index contributed by atoms with van der Waals surface area (Å²) >= 11 is 0. The Balaban J connectivity index is 1.32. The molecule has 0 spiro atoms. The number of aliphatic hydroxyl groups is 1. The smallest absolute Gasteiger partial charge is 0.230 e. The van der Waals surface area contributed by atoms with Crippen molar-refractivity contribution in [3.63, 3.8) is 0 Å². The first-order chi connectivity index (χ1) is 18.4. The van der Waals surface area contributed by atoms with E-state index in [1.54, 1.807) is 11.8 Å². The average Bonchev–Trinajstić information content (AvgIpc) is 3.38. The van der Waals surface area contributed by atoms with E-state index >= 15 is 0 Å². The highest BCUT2D eigenvalue weighted by Gasteiger charge is 2.32. The fourth-order valence-electron chi connectivity index (χ4n) is 6.27. The number of ether oxygens (including phenoxy) is 1. The van der Waals surface area contributed by atoms with Gasteiger partial charge in [-0.1, -0.05) is 29.5 Å². The number of nitrogens with zero attached hydrogens (tertiary/aromatic N) is 4. The Morgan fingerprint density at radius 3 is 2.47 bits per heavy atom. The van der Waals surface area contributed by atoms with E-state index in [-0.39, 0.29) is 17.9 Å². The summed E-state index contributed by atoms with van der Waals surface area (Å²) in [5.41, 5.74) is 5.28. The van der Waals surface area contributed by atoms with Gasteiger partial charge in [0.2, 0.25) is 5.91 Å². The summed E-state index contributed by atoms with van der Waals surface area (Å²) in [6.45, 7) is 2.84. The van der Waals surface area contributed by atoms with Crippen LogP contribution in [0.2, 0.25) is 0 Å². The number of hydrogen-bond acceptors (Lipinski definition) is 5. The number of carbonyl (C=O) groups is 1. The fraction of sp³-hybridized carbons (Fsp3) is 0.516. The second-order valence-electron chi connectivity index (χ2n) is 11.2. The van der Waals surface area contributed by atoms with E-state index < -0.39 is 0 Å². The predicted molar refractivity (Wildman–Crippen MR) is 149 cm³/mol. The molecule has 1 amide bonds. The van der Waals surface area contributed by atoms with E-state index in [1.807, 2.05) is 36.3 Å². The van der Waals surface area contributed by atoms with Crippen LogP contribution in [-0.2, 0) is 11.8 Å². The molecule has 2 fully saturated rings. The number of benzene rings is 2.